The first-order chi connectivity index (χ1) is 16.0. The highest BCUT2D eigenvalue weighted by Gasteiger charge is 2.39. The standard InChI is InChI=1S/C26H28ClN3O3/c1-2-3-8-18-11-13-21(14-12-18)30-25(32)22(27)23(26(30)33)28-20-10-7-9-19(17-20)24(31)29-15-5-4-6-16-29/h7,9-14,17,28H,2-6,8,15-16H2,1H3. The molecule has 4 rings (SSSR count). The van der Waals surface area contributed by atoms with Crippen molar-refractivity contribution in [1.29, 1.82) is 0 Å². The molecule has 2 aliphatic rings. The number of nitrogens with zero attached hydrogens (tertiary/aromatic N) is 2. The minimum atomic E-state index is -0.564. The summed E-state index contributed by atoms with van der Waals surface area (Å²) in [6.07, 6.45) is 6.31. The van der Waals surface area contributed by atoms with Crippen molar-refractivity contribution in [3.63, 3.8) is 0 Å². The minimum absolute atomic E-state index is 0.0132. The normalized spacial score (nSPS) is 16.5. The highest BCUT2D eigenvalue weighted by Crippen LogP contribution is 2.30. The molecule has 1 fully saturated rings. The Morgan fingerprint density at radius 3 is 2.42 bits per heavy atom. The fourth-order valence-corrected chi connectivity index (χ4v) is 4.40. The summed E-state index contributed by atoms with van der Waals surface area (Å²) in [5.74, 6) is -1.11. The average molecular weight is 466 g/mol. The molecule has 0 bridgehead atoms. The lowest BCUT2D eigenvalue weighted by Crippen LogP contribution is -2.35. The lowest BCUT2D eigenvalue weighted by atomic mass is 10.1. The number of halogens is 1. The molecule has 2 aromatic carbocycles. The second kappa shape index (κ2) is 10.2. The van der Waals surface area contributed by atoms with E-state index in [9.17, 15) is 14.4 Å². The number of carbonyl (C=O) groups excluding carboxylic acids is 3. The van der Waals surface area contributed by atoms with E-state index in [1.54, 1.807) is 36.4 Å². The van der Waals surface area contributed by atoms with Crippen molar-refractivity contribution in [2.24, 2.45) is 0 Å². The fraction of sp³-hybridized carbons (Fsp3) is 0.346. The number of hydrogen-bond acceptors (Lipinski definition) is 4. The Labute approximate surface area is 199 Å². The van der Waals surface area contributed by atoms with E-state index < -0.39 is 11.8 Å². The molecule has 0 unspecified atom stereocenters. The number of imide groups is 1. The van der Waals surface area contributed by atoms with Crippen LogP contribution in [-0.4, -0.2) is 35.7 Å². The molecular weight excluding hydrogens is 438 g/mol. The summed E-state index contributed by atoms with van der Waals surface area (Å²) in [4.78, 5) is 41.6. The maximum Gasteiger partial charge on any atom is 0.283 e. The molecule has 1 saturated heterocycles. The second-order valence-electron chi connectivity index (χ2n) is 8.46. The minimum Gasteiger partial charge on any atom is -0.350 e. The van der Waals surface area contributed by atoms with Crippen molar-refractivity contribution >= 4 is 40.7 Å². The van der Waals surface area contributed by atoms with Crippen LogP contribution in [0, 0.1) is 0 Å². The molecule has 172 valence electrons. The lowest BCUT2D eigenvalue weighted by Gasteiger charge is -2.26. The van der Waals surface area contributed by atoms with Crippen LogP contribution in [0.2, 0.25) is 0 Å². The molecule has 0 atom stereocenters. The molecule has 33 heavy (non-hydrogen) atoms. The topological polar surface area (TPSA) is 69.7 Å². The summed E-state index contributed by atoms with van der Waals surface area (Å²) in [6.45, 7) is 3.65. The van der Waals surface area contributed by atoms with Gasteiger partial charge in [-0.15, -0.1) is 0 Å². The summed E-state index contributed by atoms with van der Waals surface area (Å²) in [5, 5.41) is 2.81. The van der Waals surface area contributed by atoms with Crippen LogP contribution in [0.5, 0.6) is 0 Å². The molecule has 2 heterocycles. The van der Waals surface area contributed by atoms with Gasteiger partial charge in [0.2, 0.25) is 0 Å². The van der Waals surface area contributed by atoms with Gasteiger partial charge in [0, 0.05) is 24.3 Å². The molecule has 7 heteroatoms. The third-order valence-corrected chi connectivity index (χ3v) is 6.41. The third-order valence-electron chi connectivity index (χ3n) is 6.06. The number of carbonyl (C=O) groups is 3. The Morgan fingerprint density at radius 2 is 1.73 bits per heavy atom. The van der Waals surface area contributed by atoms with E-state index in [-0.39, 0.29) is 16.6 Å². The number of benzene rings is 2. The maximum atomic E-state index is 13.1. The number of likely N-dealkylation sites (tertiary alicyclic amines) is 1. The molecule has 2 aromatic rings. The van der Waals surface area contributed by atoms with E-state index in [2.05, 4.69) is 12.2 Å². The first-order valence-electron chi connectivity index (χ1n) is 11.5. The van der Waals surface area contributed by atoms with Crippen molar-refractivity contribution in [3.8, 4) is 0 Å². The Bertz CT molecular complexity index is 1090. The van der Waals surface area contributed by atoms with Gasteiger partial charge >= 0.3 is 0 Å². The summed E-state index contributed by atoms with van der Waals surface area (Å²) in [5.41, 5.74) is 2.72. The van der Waals surface area contributed by atoms with Crippen LogP contribution in [-0.2, 0) is 16.0 Å². The average Bonchev–Trinajstić information content (AvgIpc) is 3.06. The van der Waals surface area contributed by atoms with Crippen molar-refractivity contribution in [3.05, 3.63) is 70.4 Å². The van der Waals surface area contributed by atoms with Crippen LogP contribution in [0.3, 0.4) is 0 Å². The number of aryl methyl sites for hydroxylation is 1. The van der Waals surface area contributed by atoms with E-state index in [4.69, 9.17) is 11.6 Å². The van der Waals surface area contributed by atoms with Crippen LogP contribution in [0.1, 0.15) is 54.9 Å². The van der Waals surface area contributed by atoms with Gasteiger partial charge < -0.3 is 10.2 Å². The monoisotopic (exact) mass is 465 g/mol. The number of anilines is 2. The molecule has 0 aromatic heterocycles. The Hall–Kier alpha value is -3.12. The van der Waals surface area contributed by atoms with Gasteiger partial charge in [-0.2, -0.15) is 0 Å². The summed E-state index contributed by atoms with van der Waals surface area (Å²) in [6, 6.07) is 14.3. The number of rotatable bonds is 7. The maximum absolute atomic E-state index is 13.1. The third kappa shape index (κ3) is 4.96. The van der Waals surface area contributed by atoms with Crippen molar-refractivity contribution in [1.82, 2.24) is 4.90 Å². The Balaban J connectivity index is 1.50. The van der Waals surface area contributed by atoms with Crippen LogP contribution in [0.4, 0.5) is 11.4 Å². The molecule has 3 amide bonds. The van der Waals surface area contributed by atoms with Gasteiger partial charge in [-0.25, -0.2) is 4.90 Å². The van der Waals surface area contributed by atoms with Gasteiger partial charge in [-0.05, 0) is 68.0 Å². The van der Waals surface area contributed by atoms with Gasteiger partial charge in [0.15, 0.2) is 0 Å². The van der Waals surface area contributed by atoms with Gasteiger partial charge in [-0.3, -0.25) is 14.4 Å². The van der Waals surface area contributed by atoms with Crippen molar-refractivity contribution in [2.75, 3.05) is 23.3 Å². The number of unbranched alkanes of at least 4 members (excludes halogenated alkanes) is 1. The van der Waals surface area contributed by atoms with Crippen LogP contribution in [0.25, 0.3) is 0 Å². The predicted octanol–water partition coefficient (Wildman–Crippen LogP) is 5.09. The van der Waals surface area contributed by atoms with Crippen LogP contribution >= 0.6 is 11.6 Å². The van der Waals surface area contributed by atoms with Gasteiger partial charge in [-0.1, -0.05) is 43.1 Å². The highest BCUT2D eigenvalue weighted by atomic mass is 35.5. The molecule has 0 saturated carbocycles. The lowest BCUT2D eigenvalue weighted by molar-refractivity contribution is -0.120. The molecular formula is C26H28ClN3O3. The first kappa shape index (κ1) is 23.1. The van der Waals surface area contributed by atoms with Crippen molar-refractivity contribution < 1.29 is 14.4 Å². The van der Waals surface area contributed by atoms with E-state index in [0.29, 0.717) is 16.9 Å². The van der Waals surface area contributed by atoms with E-state index in [0.717, 1.165) is 62.1 Å². The molecule has 6 nitrogen and oxygen atoms in total. The van der Waals surface area contributed by atoms with Gasteiger partial charge in [0.25, 0.3) is 17.7 Å². The zero-order valence-corrected chi connectivity index (χ0v) is 19.5. The zero-order valence-electron chi connectivity index (χ0n) is 18.8. The van der Waals surface area contributed by atoms with Crippen LogP contribution in [0.15, 0.2) is 59.3 Å². The first-order valence-corrected chi connectivity index (χ1v) is 11.9. The predicted molar refractivity (Wildman–Crippen MR) is 130 cm³/mol. The van der Waals surface area contributed by atoms with Crippen LogP contribution < -0.4 is 10.2 Å². The zero-order chi connectivity index (χ0) is 23.4. The summed E-state index contributed by atoms with van der Waals surface area (Å²) < 4.78 is 0. The Kier molecular flexibility index (Phi) is 7.14. The fourth-order valence-electron chi connectivity index (χ4n) is 4.19. The van der Waals surface area contributed by atoms with E-state index >= 15 is 0 Å². The smallest absolute Gasteiger partial charge is 0.283 e. The number of piperidine rings is 1. The molecule has 0 radical (unpaired) electrons. The highest BCUT2D eigenvalue weighted by molar-refractivity contribution is 6.53. The quantitative estimate of drug-likeness (QED) is 0.578. The van der Waals surface area contributed by atoms with Crippen molar-refractivity contribution in [2.45, 2.75) is 45.4 Å². The number of hydrogen-bond donors (Lipinski definition) is 1. The molecule has 1 N–H and O–H groups in total. The Morgan fingerprint density at radius 1 is 1.00 bits per heavy atom. The molecule has 0 spiro atoms. The number of nitrogens with one attached hydrogen (secondary N) is 1. The number of amides is 3. The van der Waals surface area contributed by atoms with Gasteiger partial charge in [0.05, 0.1) is 5.69 Å². The second-order valence-corrected chi connectivity index (χ2v) is 8.84. The SMILES string of the molecule is CCCCc1ccc(N2C(=O)C(Cl)=C(Nc3cccc(C(=O)N4CCCCC4)c3)C2=O)cc1. The molecule has 0 aliphatic carbocycles. The summed E-state index contributed by atoms with van der Waals surface area (Å²) >= 11 is 6.27. The largest absolute Gasteiger partial charge is 0.350 e. The summed E-state index contributed by atoms with van der Waals surface area (Å²) in [7, 11) is 0. The van der Waals surface area contributed by atoms with Gasteiger partial charge in [0.1, 0.15) is 10.7 Å². The van der Waals surface area contributed by atoms with E-state index in [1.807, 2.05) is 17.0 Å². The van der Waals surface area contributed by atoms with E-state index in [1.165, 1.54) is 0 Å². The molecule has 2 aliphatic heterocycles.